The average Bonchev–Trinajstić information content (AvgIpc) is 3.05. The van der Waals surface area contributed by atoms with Crippen LogP contribution in [0.15, 0.2) is 102 Å². The summed E-state index contributed by atoms with van der Waals surface area (Å²) in [7, 11) is 0. The highest BCUT2D eigenvalue weighted by atomic mass is 15.5. The topological polar surface area (TPSA) is 39.7 Å². The Morgan fingerprint density at radius 2 is 1.46 bits per heavy atom. The number of anilines is 2. The first kappa shape index (κ1) is 14.9. The molecule has 3 aromatic rings. The molecule has 26 heavy (non-hydrogen) atoms. The van der Waals surface area contributed by atoms with Crippen molar-refractivity contribution in [2.75, 3.05) is 10.3 Å². The molecule has 0 saturated heterocycles. The van der Waals surface area contributed by atoms with Crippen molar-refractivity contribution in [2.45, 2.75) is 6.04 Å². The third-order valence-corrected chi connectivity index (χ3v) is 4.65. The molecule has 0 radical (unpaired) electrons. The zero-order valence-electron chi connectivity index (χ0n) is 14.1. The van der Waals surface area contributed by atoms with E-state index in [1.807, 2.05) is 42.5 Å². The average molecular weight is 338 g/mol. The number of fused-ring (bicyclic) bond motifs is 2. The molecule has 2 aliphatic rings. The van der Waals surface area contributed by atoms with E-state index in [1.165, 1.54) is 0 Å². The molecular weight excluding hydrogens is 320 g/mol. The fraction of sp³-hybridized carbons (Fsp3) is 0.0455. The highest BCUT2D eigenvalue weighted by Gasteiger charge is 2.32. The molecule has 0 aliphatic carbocycles. The van der Waals surface area contributed by atoms with E-state index >= 15 is 0 Å². The third-order valence-electron chi connectivity index (χ3n) is 4.65. The highest BCUT2D eigenvalue weighted by Crippen LogP contribution is 2.34. The molecule has 3 aromatic carbocycles. The van der Waals surface area contributed by atoms with Gasteiger partial charge in [-0.15, -0.1) is 0 Å². The molecule has 4 heteroatoms. The SMILES string of the molecule is C1=C2Nc3ccccc3N=C(c3ccccc3)[C@H]2NN1c1ccccc1. The van der Waals surface area contributed by atoms with Gasteiger partial charge in [0.2, 0.25) is 0 Å². The minimum Gasteiger partial charge on any atom is -0.354 e. The number of nitrogens with zero attached hydrogens (tertiary/aromatic N) is 2. The molecule has 4 nitrogen and oxygen atoms in total. The molecule has 0 amide bonds. The van der Waals surface area contributed by atoms with Gasteiger partial charge >= 0.3 is 0 Å². The Bertz CT molecular complexity index is 993. The minimum atomic E-state index is -0.0370. The first-order valence-corrected chi connectivity index (χ1v) is 8.71. The Morgan fingerprint density at radius 1 is 0.769 bits per heavy atom. The number of aliphatic imine (C=N–C) groups is 1. The van der Waals surface area contributed by atoms with Gasteiger partial charge in [0.1, 0.15) is 6.04 Å². The van der Waals surface area contributed by atoms with Crippen LogP contribution in [0.25, 0.3) is 0 Å². The molecule has 0 spiro atoms. The maximum Gasteiger partial charge on any atom is 0.111 e. The van der Waals surface area contributed by atoms with E-state index in [4.69, 9.17) is 4.99 Å². The predicted molar refractivity (Wildman–Crippen MR) is 107 cm³/mol. The zero-order valence-corrected chi connectivity index (χ0v) is 14.1. The van der Waals surface area contributed by atoms with Gasteiger partial charge in [0.25, 0.3) is 0 Å². The van der Waals surface area contributed by atoms with Crippen LogP contribution in [-0.2, 0) is 0 Å². The van der Waals surface area contributed by atoms with E-state index in [1.54, 1.807) is 0 Å². The van der Waals surface area contributed by atoms with Crippen LogP contribution in [0.4, 0.5) is 17.1 Å². The summed E-state index contributed by atoms with van der Waals surface area (Å²) in [5, 5.41) is 5.62. The monoisotopic (exact) mass is 338 g/mol. The molecule has 2 aliphatic heterocycles. The van der Waals surface area contributed by atoms with Gasteiger partial charge in [-0.1, -0.05) is 60.7 Å². The molecule has 0 bridgehead atoms. The van der Waals surface area contributed by atoms with Gasteiger partial charge in [-0.2, -0.15) is 0 Å². The molecule has 126 valence electrons. The Balaban J connectivity index is 1.62. The van der Waals surface area contributed by atoms with E-state index < -0.39 is 0 Å². The molecule has 1 atom stereocenters. The summed E-state index contributed by atoms with van der Waals surface area (Å²) in [5.74, 6) is 0. The van der Waals surface area contributed by atoms with Crippen molar-refractivity contribution in [3.8, 4) is 0 Å². The summed E-state index contributed by atoms with van der Waals surface area (Å²) in [6, 6.07) is 28.7. The van der Waals surface area contributed by atoms with Gasteiger partial charge in [0.15, 0.2) is 0 Å². The van der Waals surface area contributed by atoms with Crippen LogP contribution in [0.3, 0.4) is 0 Å². The number of benzene rings is 3. The second-order valence-electron chi connectivity index (χ2n) is 6.36. The summed E-state index contributed by atoms with van der Waals surface area (Å²) in [4.78, 5) is 5.00. The quantitative estimate of drug-likeness (QED) is 0.724. The third kappa shape index (κ3) is 2.57. The number of rotatable bonds is 2. The van der Waals surface area contributed by atoms with Gasteiger partial charge in [0, 0.05) is 6.20 Å². The normalized spacial score (nSPS) is 18.2. The van der Waals surface area contributed by atoms with Crippen LogP contribution >= 0.6 is 0 Å². The Hall–Kier alpha value is -3.37. The zero-order chi connectivity index (χ0) is 17.3. The van der Waals surface area contributed by atoms with Crippen LogP contribution in [0.2, 0.25) is 0 Å². The number of hydrogen-bond donors (Lipinski definition) is 2. The van der Waals surface area contributed by atoms with Crippen molar-refractivity contribution >= 4 is 22.8 Å². The summed E-state index contributed by atoms with van der Waals surface area (Å²) >= 11 is 0. The number of para-hydroxylation sites is 3. The molecule has 2 heterocycles. The van der Waals surface area contributed by atoms with E-state index in [9.17, 15) is 0 Å². The minimum absolute atomic E-state index is 0.0370. The lowest BCUT2D eigenvalue weighted by Gasteiger charge is -2.21. The number of nitrogens with one attached hydrogen (secondary N) is 2. The fourth-order valence-corrected chi connectivity index (χ4v) is 3.38. The maximum atomic E-state index is 5.00. The summed E-state index contributed by atoms with van der Waals surface area (Å²) in [6.07, 6.45) is 2.11. The molecule has 0 unspecified atom stereocenters. The Kier molecular flexibility index (Phi) is 3.54. The Morgan fingerprint density at radius 3 is 2.27 bits per heavy atom. The lowest BCUT2D eigenvalue weighted by atomic mass is 10.0. The second-order valence-corrected chi connectivity index (χ2v) is 6.36. The van der Waals surface area contributed by atoms with Gasteiger partial charge < -0.3 is 5.32 Å². The first-order chi connectivity index (χ1) is 12.9. The van der Waals surface area contributed by atoms with Gasteiger partial charge in [-0.3, -0.25) is 5.01 Å². The molecular formula is C22H18N4. The smallest absolute Gasteiger partial charge is 0.111 e. The van der Waals surface area contributed by atoms with Crippen LogP contribution in [0.1, 0.15) is 5.56 Å². The highest BCUT2D eigenvalue weighted by molar-refractivity contribution is 6.09. The van der Waals surface area contributed by atoms with Crippen molar-refractivity contribution in [2.24, 2.45) is 4.99 Å². The van der Waals surface area contributed by atoms with Gasteiger partial charge in [-0.25, -0.2) is 10.4 Å². The standard InChI is InChI=1S/C22H18N4/c1-3-9-16(10-4-1)21-22-20(23-18-13-7-8-14-19(18)24-21)15-26(25-22)17-11-5-2-6-12-17/h1-15,22-23,25H/t22-/m0/s1. The number of hydrogen-bond acceptors (Lipinski definition) is 4. The first-order valence-electron chi connectivity index (χ1n) is 8.71. The lowest BCUT2D eigenvalue weighted by Crippen LogP contribution is -2.42. The van der Waals surface area contributed by atoms with Crippen molar-refractivity contribution < 1.29 is 0 Å². The molecule has 5 rings (SSSR count). The van der Waals surface area contributed by atoms with Crippen molar-refractivity contribution in [1.29, 1.82) is 0 Å². The molecule has 0 saturated carbocycles. The molecule has 2 N–H and O–H groups in total. The van der Waals surface area contributed by atoms with Gasteiger partial charge in [0.05, 0.1) is 28.5 Å². The van der Waals surface area contributed by atoms with Crippen LogP contribution in [-0.4, -0.2) is 11.8 Å². The lowest BCUT2D eigenvalue weighted by molar-refractivity contribution is 0.740. The van der Waals surface area contributed by atoms with Crippen LogP contribution < -0.4 is 15.8 Å². The largest absolute Gasteiger partial charge is 0.354 e. The summed E-state index contributed by atoms with van der Waals surface area (Å²) in [6.45, 7) is 0. The van der Waals surface area contributed by atoms with E-state index in [0.29, 0.717) is 0 Å². The number of hydrazine groups is 1. The predicted octanol–water partition coefficient (Wildman–Crippen LogP) is 4.47. The molecule has 0 fully saturated rings. The second kappa shape index (κ2) is 6.17. The van der Waals surface area contributed by atoms with E-state index in [-0.39, 0.29) is 6.04 Å². The summed E-state index contributed by atoms with van der Waals surface area (Å²) in [5.41, 5.74) is 9.85. The van der Waals surface area contributed by atoms with Crippen molar-refractivity contribution in [1.82, 2.24) is 5.43 Å². The summed E-state index contributed by atoms with van der Waals surface area (Å²) < 4.78 is 0. The Labute approximate surface area is 152 Å². The maximum absolute atomic E-state index is 5.00. The fourth-order valence-electron chi connectivity index (χ4n) is 3.38. The van der Waals surface area contributed by atoms with E-state index in [2.05, 4.69) is 64.4 Å². The van der Waals surface area contributed by atoms with Crippen molar-refractivity contribution in [3.63, 3.8) is 0 Å². The van der Waals surface area contributed by atoms with E-state index in [0.717, 1.165) is 34.0 Å². The van der Waals surface area contributed by atoms with Gasteiger partial charge in [-0.05, 0) is 29.8 Å². The van der Waals surface area contributed by atoms with Crippen molar-refractivity contribution in [3.05, 3.63) is 102 Å². The molecule has 0 aromatic heterocycles. The van der Waals surface area contributed by atoms with Crippen LogP contribution in [0, 0.1) is 0 Å². The van der Waals surface area contributed by atoms with Crippen LogP contribution in [0.5, 0.6) is 0 Å².